The van der Waals surface area contributed by atoms with Crippen molar-refractivity contribution < 1.29 is 4.42 Å². The van der Waals surface area contributed by atoms with Gasteiger partial charge in [0.25, 0.3) is 0 Å². The maximum Gasteiger partial charge on any atom is 0.145 e. The van der Waals surface area contributed by atoms with Crippen LogP contribution in [0, 0.1) is 0 Å². The van der Waals surface area contributed by atoms with Gasteiger partial charge in [-0.15, -0.1) is 0 Å². The molecule has 2 heterocycles. The predicted octanol–water partition coefficient (Wildman–Crippen LogP) is 11.6. The smallest absolute Gasteiger partial charge is 0.145 e. The number of imidazole rings is 1. The second-order valence-corrected chi connectivity index (χ2v) is 12.7. The van der Waals surface area contributed by atoms with Gasteiger partial charge in [0.05, 0.1) is 16.7 Å². The van der Waals surface area contributed by atoms with Crippen LogP contribution in [0.5, 0.6) is 0 Å². The molecule has 3 nitrogen and oxygen atoms in total. The molecule has 5 aromatic carbocycles. The van der Waals surface area contributed by atoms with Crippen molar-refractivity contribution in [2.75, 3.05) is 0 Å². The molecule has 0 bridgehead atoms. The van der Waals surface area contributed by atoms with Crippen LogP contribution in [0.3, 0.4) is 0 Å². The summed E-state index contributed by atoms with van der Waals surface area (Å²) in [5.74, 6) is 2.04. The molecule has 7 rings (SSSR count). The fourth-order valence-corrected chi connectivity index (χ4v) is 6.35. The van der Waals surface area contributed by atoms with Crippen LogP contribution >= 0.6 is 0 Å². The minimum atomic E-state index is 0.320. The number of fused-ring (bicyclic) bond motifs is 4. The number of nitrogens with zero attached hydrogens (tertiary/aromatic N) is 2. The summed E-state index contributed by atoms with van der Waals surface area (Å²) in [6.07, 6.45) is 0. The normalized spacial score (nSPS) is 12.1. The monoisotopic (exact) mass is 562 g/mol. The summed E-state index contributed by atoms with van der Waals surface area (Å²) in [6.45, 7) is 13.6. The summed E-state index contributed by atoms with van der Waals surface area (Å²) < 4.78 is 8.75. The van der Waals surface area contributed by atoms with Crippen molar-refractivity contribution in [3.05, 3.63) is 120 Å². The Morgan fingerprint density at radius 3 is 1.95 bits per heavy atom. The first-order chi connectivity index (χ1) is 20.8. The molecule has 3 heteroatoms. The van der Waals surface area contributed by atoms with Gasteiger partial charge in [0, 0.05) is 16.3 Å². The molecule has 214 valence electrons. The fraction of sp³-hybridized carbons (Fsp3) is 0.225. The van der Waals surface area contributed by atoms with Crippen molar-refractivity contribution in [2.45, 2.75) is 59.3 Å². The largest absolute Gasteiger partial charge is 0.456 e. The van der Waals surface area contributed by atoms with Crippen LogP contribution in [0.4, 0.5) is 0 Å². The molecule has 2 aromatic heterocycles. The molecule has 0 aliphatic carbocycles. The van der Waals surface area contributed by atoms with E-state index in [-0.39, 0.29) is 0 Å². The molecular weight excluding hydrogens is 524 g/mol. The third-order valence-corrected chi connectivity index (χ3v) is 8.72. The zero-order valence-corrected chi connectivity index (χ0v) is 25.8. The van der Waals surface area contributed by atoms with Gasteiger partial charge < -0.3 is 4.42 Å². The Morgan fingerprint density at radius 2 is 1.26 bits per heavy atom. The first kappa shape index (κ1) is 27.2. The molecule has 0 fully saturated rings. The lowest BCUT2D eigenvalue weighted by Crippen LogP contribution is -2.09. The summed E-state index contributed by atoms with van der Waals surface area (Å²) in [4.78, 5) is 5.28. The van der Waals surface area contributed by atoms with Gasteiger partial charge in [-0.2, -0.15) is 0 Å². The highest BCUT2D eigenvalue weighted by molar-refractivity contribution is 6.06. The van der Waals surface area contributed by atoms with Crippen molar-refractivity contribution in [3.8, 4) is 28.2 Å². The summed E-state index contributed by atoms with van der Waals surface area (Å²) in [6, 6.07) is 37.2. The Morgan fingerprint density at radius 1 is 0.558 bits per heavy atom. The van der Waals surface area contributed by atoms with E-state index in [1.54, 1.807) is 0 Å². The van der Waals surface area contributed by atoms with Crippen LogP contribution in [0.25, 0.3) is 61.2 Å². The predicted molar refractivity (Wildman–Crippen MR) is 181 cm³/mol. The number of hydrogen-bond donors (Lipinski definition) is 0. The Labute approximate surface area is 253 Å². The number of para-hydroxylation sites is 2. The van der Waals surface area contributed by atoms with E-state index in [4.69, 9.17) is 9.40 Å². The quantitative estimate of drug-likeness (QED) is 0.202. The third-order valence-electron chi connectivity index (χ3n) is 8.72. The molecule has 0 spiro atoms. The van der Waals surface area contributed by atoms with Gasteiger partial charge in [-0.25, -0.2) is 4.98 Å². The van der Waals surface area contributed by atoms with E-state index in [0.717, 1.165) is 44.4 Å². The highest BCUT2D eigenvalue weighted by atomic mass is 16.3. The van der Waals surface area contributed by atoms with E-state index in [9.17, 15) is 0 Å². The number of aromatic nitrogens is 2. The van der Waals surface area contributed by atoms with E-state index in [0.29, 0.717) is 17.8 Å². The number of rotatable bonds is 6. The topological polar surface area (TPSA) is 31.0 Å². The second-order valence-electron chi connectivity index (χ2n) is 12.7. The number of furan rings is 1. The summed E-state index contributed by atoms with van der Waals surface area (Å²) >= 11 is 0. The lowest BCUT2D eigenvalue weighted by molar-refractivity contribution is 0.667. The number of benzene rings is 5. The standard InChI is InChI=1S/C40H38N2O/c1-24(2)28-16-18-31-34-20-29(17-19-37(34)43-38(31)23-28)40-41-35-14-10-11-15-36(35)42(40)39-32(25(3)4)21-30(22-33(39)26(5)6)27-12-8-7-9-13-27/h7-26H,1-6H3. The molecule has 0 saturated heterocycles. The Hall–Kier alpha value is -4.63. The Kier molecular flexibility index (Phi) is 6.69. The van der Waals surface area contributed by atoms with Gasteiger partial charge in [-0.05, 0) is 94.1 Å². The first-order valence-electron chi connectivity index (χ1n) is 15.5. The lowest BCUT2D eigenvalue weighted by Gasteiger charge is -2.24. The molecule has 43 heavy (non-hydrogen) atoms. The number of hydrogen-bond acceptors (Lipinski definition) is 2. The minimum Gasteiger partial charge on any atom is -0.456 e. The van der Waals surface area contributed by atoms with E-state index in [1.165, 1.54) is 33.5 Å². The zero-order valence-electron chi connectivity index (χ0n) is 25.8. The molecule has 0 aliphatic rings. The lowest BCUT2D eigenvalue weighted by atomic mass is 9.88. The summed E-state index contributed by atoms with van der Waals surface area (Å²) in [5.41, 5.74) is 12.7. The van der Waals surface area contributed by atoms with Crippen molar-refractivity contribution in [1.29, 1.82) is 0 Å². The van der Waals surface area contributed by atoms with Crippen LogP contribution in [-0.4, -0.2) is 9.55 Å². The molecule has 0 N–H and O–H groups in total. The van der Waals surface area contributed by atoms with Gasteiger partial charge in [0.15, 0.2) is 0 Å². The minimum absolute atomic E-state index is 0.320. The van der Waals surface area contributed by atoms with E-state index < -0.39 is 0 Å². The molecule has 0 radical (unpaired) electrons. The summed E-state index contributed by atoms with van der Waals surface area (Å²) in [7, 11) is 0. The van der Waals surface area contributed by atoms with Gasteiger partial charge >= 0.3 is 0 Å². The molecule has 0 atom stereocenters. The van der Waals surface area contributed by atoms with E-state index >= 15 is 0 Å². The average molecular weight is 563 g/mol. The average Bonchev–Trinajstić information content (AvgIpc) is 3.58. The molecule has 0 amide bonds. The first-order valence-corrected chi connectivity index (χ1v) is 15.5. The SMILES string of the molecule is CC(C)c1ccc2c(c1)oc1ccc(-c3nc4ccccc4n3-c3c(C(C)C)cc(-c4ccccc4)cc3C(C)C)cc12. The highest BCUT2D eigenvalue weighted by Crippen LogP contribution is 2.41. The maximum atomic E-state index is 6.34. The van der Waals surface area contributed by atoms with E-state index in [2.05, 4.69) is 149 Å². The fourth-order valence-electron chi connectivity index (χ4n) is 6.35. The van der Waals surface area contributed by atoms with Crippen LogP contribution in [0.1, 0.15) is 76.0 Å². The summed E-state index contributed by atoms with van der Waals surface area (Å²) in [5, 5.41) is 2.26. The van der Waals surface area contributed by atoms with Gasteiger partial charge in [-0.3, -0.25) is 4.57 Å². The zero-order chi connectivity index (χ0) is 29.8. The van der Waals surface area contributed by atoms with Crippen molar-refractivity contribution >= 4 is 33.0 Å². The molecule has 0 aliphatic heterocycles. The Balaban J connectivity index is 1.51. The van der Waals surface area contributed by atoms with E-state index in [1.807, 2.05) is 0 Å². The van der Waals surface area contributed by atoms with Gasteiger partial charge in [0.1, 0.15) is 17.0 Å². The third kappa shape index (κ3) is 4.64. The van der Waals surface area contributed by atoms with Crippen LogP contribution < -0.4 is 0 Å². The Bertz CT molecular complexity index is 2080. The van der Waals surface area contributed by atoms with Gasteiger partial charge in [0.2, 0.25) is 0 Å². The second kappa shape index (κ2) is 10.6. The molecule has 7 aromatic rings. The highest BCUT2D eigenvalue weighted by Gasteiger charge is 2.24. The van der Waals surface area contributed by atoms with Crippen molar-refractivity contribution in [1.82, 2.24) is 9.55 Å². The van der Waals surface area contributed by atoms with Crippen LogP contribution in [0.2, 0.25) is 0 Å². The molecule has 0 unspecified atom stereocenters. The molecular formula is C40H38N2O. The van der Waals surface area contributed by atoms with Crippen molar-refractivity contribution in [3.63, 3.8) is 0 Å². The van der Waals surface area contributed by atoms with Crippen LogP contribution in [-0.2, 0) is 0 Å². The molecule has 0 saturated carbocycles. The van der Waals surface area contributed by atoms with Gasteiger partial charge in [-0.1, -0.05) is 96.1 Å². The maximum absolute atomic E-state index is 6.34. The van der Waals surface area contributed by atoms with Crippen molar-refractivity contribution in [2.24, 2.45) is 0 Å². The van der Waals surface area contributed by atoms with Crippen LogP contribution in [0.15, 0.2) is 108 Å².